The molecule has 1 atom stereocenters. The van der Waals surface area contributed by atoms with E-state index in [0.717, 1.165) is 13.1 Å². The third-order valence-electron chi connectivity index (χ3n) is 2.91. The minimum atomic E-state index is 0.396. The van der Waals surface area contributed by atoms with E-state index in [1.165, 1.54) is 15.4 Å². The number of hydrogen-bond donors (Lipinski definition) is 1. The number of nitrogens with one attached hydrogen (secondary N) is 1. The highest BCUT2D eigenvalue weighted by molar-refractivity contribution is 7.12. The molecule has 0 bridgehead atoms. The van der Waals surface area contributed by atoms with E-state index in [0.29, 0.717) is 6.04 Å². The lowest BCUT2D eigenvalue weighted by Gasteiger charge is -2.25. The van der Waals surface area contributed by atoms with E-state index < -0.39 is 0 Å². The summed E-state index contributed by atoms with van der Waals surface area (Å²) >= 11 is 1.89. The molecule has 1 aliphatic rings. The first kappa shape index (κ1) is 9.19. The third kappa shape index (κ3) is 1.52. The molecule has 1 aliphatic heterocycles. The summed E-state index contributed by atoms with van der Waals surface area (Å²) in [5.74, 6) is 0. The number of nitrogens with zero attached hydrogens (tertiary/aromatic N) is 1. The maximum Gasteiger partial charge on any atom is 0.0825 e. The van der Waals surface area contributed by atoms with Crippen LogP contribution in [-0.4, -0.2) is 11.1 Å². The molecule has 2 aromatic rings. The molecule has 0 radical (unpaired) electrons. The molecule has 2 nitrogen and oxygen atoms in total. The van der Waals surface area contributed by atoms with Crippen molar-refractivity contribution in [2.45, 2.75) is 19.5 Å². The second kappa shape index (κ2) is 3.51. The summed E-state index contributed by atoms with van der Waals surface area (Å²) in [5, 5.41) is 3.58. The van der Waals surface area contributed by atoms with Crippen molar-refractivity contribution in [2.75, 3.05) is 6.54 Å². The van der Waals surface area contributed by atoms with Gasteiger partial charge in [-0.1, -0.05) is 0 Å². The van der Waals surface area contributed by atoms with Gasteiger partial charge in [-0.05, 0) is 31.2 Å². The van der Waals surface area contributed by atoms with E-state index in [2.05, 4.69) is 47.3 Å². The fourth-order valence-electron chi connectivity index (χ4n) is 2.18. The van der Waals surface area contributed by atoms with Crippen LogP contribution in [0.5, 0.6) is 0 Å². The minimum Gasteiger partial charge on any atom is -0.348 e. The molecule has 0 spiro atoms. The number of thiophene rings is 1. The van der Waals surface area contributed by atoms with E-state index in [9.17, 15) is 0 Å². The molecule has 3 heterocycles. The molecule has 3 rings (SSSR count). The van der Waals surface area contributed by atoms with Crippen LogP contribution in [0.2, 0.25) is 0 Å². The second-order valence-electron chi connectivity index (χ2n) is 3.96. The topological polar surface area (TPSA) is 17.0 Å². The van der Waals surface area contributed by atoms with Crippen LogP contribution in [0.4, 0.5) is 0 Å². The molecule has 0 aliphatic carbocycles. The Morgan fingerprint density at radius 3 is 3.13 bits per heavy atom. The first-order valence-electron chi connectivity index (χ1n) is 5.29. The third-order valence-corrected chi connectivity index (χ3v) is 3.97. The fourth-order valence-corrected chi connectivity index (χ4v) is 3.15. The lowest BCUT2D eigenvalue weighted by molar-refractivity contribution is 0.471. The molecule has 0 amide bonds. The molecule has 0 aromatic carbocycles. The average molecular weight is 218 g/mol. The Labute approximate surface area is 93.6 Å². The van der Waals surface area contributed by atoms with E-state index in [-0.39, 0.29) is 0 Å². The van der Waals surface area contributed by atoms with Gasteiger partial charge in [-0.25, -0.2) is 0 Å². The Balaban J connectivity index is 2.02. The van der Waals surface area contributed by atoms with E-state index >= 15 is 0 Å². The number of rotatable bonds is 1. The van der Waals surface area contributed by atoms with Crippen LogP contribution in [0.3, 0.4) is 0 Å². The summed E-state index contributed by atoms with van der Waals surface area (Å²) in [7, 11) is 0. The number of fused-ring (bicyclic) bond motifs is 1. The van der Waals surface area contributed by atoms with Crippen LogP contribution < -0.4 is 5.32 Å². The van der Waals surface area contributed by atoms with Gasteiger partial charge in [-0.15, -0.1) is 11.3 Å². The SMILES string of the molecule is Cc1ccc(C2NCCn3cccc32)s1. The van der Waals surface area contributed by atoms with E-state index in [1.54, 1.807) is 0 Å². The summed E-state index contributed by atoms with van der Waals surface area (Å²) in [6, 6.07) is 9.18. The first-order valence-corrected chi connectivity index (χ1v) is 6.11. The highest BCUT2D eigenvalue weighted by Crippen LogP contribution is 2.30. The maximum absolute atomic E-state index is 3.58. The molecular formula is C12H14N2S. The van der Waals surface area contributed by atoms with Crippen molar-refractivity contribution in [1.82, 2.24) is 9.88 Å². The van der Waals surface area contributed by atoms with Gasteiger partial charge in [-0.2, -0.15) is 0 Å². The van der Waals surface area contributed by atoms with Gasteiger partial charge in [-0.3, -0.25) is 0 Å². The molecule has 0 saturated heterocycles. The van der Waals surface area contributed by atoms with E-state index in [4.69, 9.17) is 0 Å². The standard InChI is InChI=1S/C12H14N2S/c1-9-4-5-11(15-9)12-10-3-2-7-14(10)8-6-13-12/h2-5,7,12-13H,6,8H2,1H3. The van der Waals surface area contributed by atoms with Crippen LogP contribution in [0.25, 0.3) is 0 Å². The van der Waals surface area contributed by atoms with Gasteiger partial charge in [0.15, 0.2) is 0 Å². The quantitative estimate of drug-likeness (QED) is 0.778. The van der Waals surface area contributed by atoms with Gasteiger partial charge >= 0.3 is 0 Å². The van der Waals surface area contributed by atoms with Gasteiger partial charge in [0.2, 0.25) is 0 Å². The zero-order chi connectivity index (χ0) is 10.3. The van der Waals surface area contributed by atoms with Crippen LogP contribution in [0.1, 0.15) is 21.5 Å². The zero-order valence-corrected chi connectivity index (χ0v) is 9.55. The smallest absolute Gasteiger partial charge is 0.0825 e. The van der Waals surface area contributed by atoms with Crippen LogP contribution in [0.15, 0.2) is 30.5 Å². The molecule has 0 saturated carbocycles. The fraction of sp³-hybridized carbons (Fsp3) is 0.333. The number of hydrogen-bond acceptors (Lipinski definition) is 2. The zero-order valence-electron chi connectivity index (χ0n) is 8.73. The Hall–Kier alpha value is -1.06. The molecule has 0 fully saturated rings. The summed E-state index contributed by atoms with van der Waals surface area (Å²) < 4.78 is 2.34. The predicted octanol–water partition coefficient (Wildman–Crippen LogP) is 2.55. The van der Waals surface area contributed by atoms with E-state index in [1.807, 2.05) is 11.3 Å². The maximum atomic E-state index is 3.58. The van der Waals surface area contributed by atoms with Gasteiger partial charge in [0.1, 0.15) is 0 Å². The van der Waals surface area contributed by atoms with Crippen LogP contribution >= 0.6 is 11.3 Å². The number of aryl methyl sites for hydroxylation is 1. The second-order valence-corrected chi connectivity index (χ2v) is 5.28. The molecule has 15 heavy (non-hydrogen) atoms. The molecule has 2 aromatic heterocycles. The van der Waals surface area contributed by atoms with Crippen molar-refractivity contribution in [3.8, 4) is 0 Å². The lowest BCUT2D eigenvalue weighted by atomic mass is 10.1. The monoisotopic (exact) mass is 218 g/mol. The normalized spacial score (nSPS) is 20.2. The van der Waals surface area contributed by atoms with Crippen molar-refractivity contribution < 1.29 is 0 Å². The highest BCUT2D eigenvalue weighted by atomic mass is 32.1. The van der Waals surface area contributed by atoms with Crippen LogP contribution in [-0.2, 0) is 6.54 Å². The average Bonchev–Trinajstić information content (AvgIpc) is 2.84. The van der Waals surface area contributed by atoms with Gasteiger partial charge in [0, 0.05) is 34.7 Å². The van der Waals surface area contributed by atoms with Crippen molar-refractivity contribution in [2.24, 2.45) is 0 Å². The Morgan fingerprint density at radius 1 is 1.40 bits per heavy atom. The van der Waals surface area contributed by atoms with Crippen molar-refractivity contribution in [3.63, 3.8) is 0 Å². The lowest BCUT2D eigenvalue weighted by Crippen LogP contribution is -2.32. The molecule has 78 valence electrons. The molecule has 3 heteroatoms. The molecule has 1 N–H and O–H groups in total. The minimum absolute atomic E-state index is 0.396. The van der Waals surface area contributed by atoms with Crippen molar-refractivity contribution >= 4 is 11.3 Å². The van der Waals surface area contributed by atoms with Gasteiger partial charge in [0.25, 0.3) is 0 Å². The van der Waals surface area contributed by atoms with Crippen molar-refractivity contribution in [1.29, 1.82) is 0 Å². The summed E-state index contributed by atoms with van der Waals surface area (Å²) in [6.07, 6.45) is 2.17. The Morgan fingerprint density at radius 2 is 2.33 bits per heavy atom. The highest BCUT2D eigenvalue weighted by Gasteiger charge is 2.21. The Bertz CT molecular complexity index is 469. The molecule has 1 unspecified atom stereocenters. The summed E-state index contributed by atoms with van der Waals surface area (Å²) in [4.78, 5) is 2.81. The first-order chi connectivity index (χ1) is 7.34. The summed E-state index contributed by atoms with van der Waals surface area (Å²) in [5.41, 5.74) is 1.39. The largest absolute Gasteiger partial charge is 0.348 e. The Kier molecular flexibility index (Phi) is 2.15. The van der Waals surface area contributed by atoms with Crippen LogP contribution in [0, 0.1) is 6.92 Å². The predicted molar refractivity (Wildman–Crippen MR) is 63.3 cm³/mol. The molecular weight excluding hydrogens is 204 g/mol. The summed E-state index contributed by atoms with van der Waals surface area (Å²) in [6.45, 7) is 4.31. The van der Waals surface area contributed by atoms with Gasteiger partial charge in [0.05, 0.1) is 6.04 Å². The van der Waals surface area contributed by atoms with Gasteiger partial charge < -0.3 is 9.88 Å². The number of aromatic nitrogens is 1. The van der Waals surface area contributed by atoms with Crippen molar-refractivity contribution in [3.05, 3.63) is 45.9 Å².